The van der Waals surface area contributed by atoms with Crippen LogP contribution in [0.2, 0.25) is 10.0 Å². The number of pyridine rings is 1. The van der Waals surface area contributed by atoms with Gasteiger partial charge < -0.3 is 15.1 Å². The Morgan fingerprint density at radius 1 is 1.00 bits per heavy atom. The number of rotatable bonds is 7. The molecule has 0 aliphatic carbocycles. The lowest BCUT2D eigenvalue weighted by molar-refractivity contribution is -0.159. The fraction of sp³-hybridized carbons (Fsp3) is 0.333. The van der Waals surface area contributed by atoms with Gasteiger partial charge in [0.1, 0.15) is 0 Å². The molecule has 10 nitrogen and oxygen atoms in total. The summed E-state index contributed by atoms with van der Waals surface area (Å²) in [6, 6.07) is 8.23. The van der Waals surface area contributed by atoms with Gasteiger partial charge in [-0.25, -0.2) is 22.3 Å². The first-order valence-corrected chi connectivity index (χ1v) is 12.4. The molecular weight excluding hydrogens is 509 g/mol. The first kappa shape index (κ1) is 27.5. The highest BCUT2D eigenvalue weighted by atomic mass is 35.5. The molecule has 0 spiro atoms. The largest absolute Gasteiger partial charge is 0.473 e. The van der Waals surface area contributed by atoms with Crippen LogP contribution < -0.4 is 0 Å². The molecule has 184 valence electrons. The van der Waals surface area contributed by atoms with E-state index in [0.717, 1.165) is 18.4 Å². The molecule has 13 heteroatoms. The van der Waals surface area contributed by atoms with Crippen LogP contribution in [0.15, 0.2) is 42.7 Å². The molecule has 1 aliphatic heterocycles. The second-order valence-electron chi connectivity index (χ2n) is 7.24. The molecule has 1 aromatic heterocycles. The van der Waals surface area contributed by atoms with Crippen LogP contribution in [0.5, 0.6) is 0 Å². The fourth-order valence-corrected chi connectivity index (χ4v) is 5.13. The minimum Gasteiger partial charge on any atom is -0.473 e. The average Bonchev–Trinajstić information content (AvgIpc) is 3.33. The van der Waals surface area contributed by atoms with Gasteiger partial charge in [0.05, 0.1) is 16.3 Å². The monoisotopic (exact) mass is 531 g/mol. The van der Waals surface area contributed by atoms with E-state index in [9.17, 15) is 13.2 Å². The molecular formula is C21H23Cl2N3O7S. The van der Waals surface area contributed by atoms with E-state index in [1.165, 1.54) is 15.3 Å². The van der Waals surface area contributed by atoms with Crippen molar-refractivity contribution in [2.24, 2.45) is 0 Å². The predicted octanol–water partition coefficient (Wildman–Crippen LogP) is 2.61. The molecule has 2 aromatic rings. The van der Waals surface area contributed by atoms with Gasteiger partial charge in [0, 0.05) is 43.6 Å². The lowest BCUT2D eigenvalue weighted by Crippen LogP contribution is -2.39. The maximum absolute atomic E-state index is 13.1. The molecule has 34 heavy (non-hydrogen) atoms. The molecule has 1 aromatic carbocycles. The highest BCUT2D eigenvalue weighted by Crippen LogP contribution is 2.23. The second-order valence-corrected chi connectivity index (χ2v) is 10.2. The van der Waals surface area contributed by atoms with Crippen molar-refractivity contribution in [3.8, 4) is 0 Å². The molecule has 2 N–H and O–H groups in total. The number of sulfonamides is 1. The molecule has 0 bridgehead atoms. The van der Waals surface area contributed by atoms with Gasteiger partial charge in [0.15, 0.2) is 0 Å². The SMILES string of the molecule is O=C(O)C(=O)O.O=C(c1ccc(Cl)cc1Cl)N(CCS(=O)(=O)N1CCCC1)Cc1ccncc1. The number of nitrogens with zero attached hydrogens (tertiary/aromatic N) is 3. The Bertz CT molecular complexity index is 1110. The summed E-state index contributed by atoms with van der Waals surface area (Å²) in [6.07, 6.45) is 5.01. The zero-order valence-corrected chi connectivity index (χ0v) is 20.3. The summed E-state index contributed by atoms with van der Waals surface area (Å²) >= 11 is 12.1. The Morgan fingerprint density at radius 3 is 2.12 bits per heavy atom. The second kappa shape index (κ2) is 12.7. The van der Waals surface area contributed by atoms with Crippen LogP contribution in [0.3, 0.4) is 0 Å². The summed E-state index contributed by atoms with van der Waals surface area (Å²) in [5, 5.41) is 15.4. The van der Waals surface area contributed by atoms with Gasteiger partial charge in [-0.3, -0.25) is 9.78 Å². The van der Waals surface area contributed by atoms with Gasteiger partial charge in [-0.15, -0.1) is 0 Å². The number of carboxylic acid groups (broad SMARTS) is 2. The van der Waals surface area contributed by atoms with E-state index < -0.39 is 22.0 Å². The summed E-state index contributed by atoms with van der Waals surface area (Å²) in [5.74, 6) is -4.12. The molecule has 2 heterocycles. The van der Waals surface area contributed by atoms with Crippen molar-refractivity contribution in [2.45, 2.75) is 19.4 Å². The third kappa shape index (κ3) is 8.24. The van der Waals surface area contributed by atoms with Crippen LogP contribution in [0, 0.1) is 0 Å². The number of hydrogen-bond acceptors (Lipinski definition) is 6. The van der Waals surface area contributed by atoms with Crippen LogP contribution in [0.1, 0.15) is 28.8 Å². The van der Waals surface area contributed by atoms with Crippen molar-refractivity contribution in [1.29, 1.82) is 0 Å². The van der Waals surface area contributed by atoms with Crippen molar-refractivity contribution in [1.82, 2.24) is 14.2 Å². The molecule has 1 fully saturated rings. The third-order valence-corrected chi connectivity index (χ3v) is 7.23. The fourth-order valence-electron chi connectivity index (χ4n) is 3.12. The van der Waals surface area contributed by atoms with E-state index in [2.05, 4.69) is 4.98 Å². The summed E-state index contributed by atoms with van der Waals surface area (Å²) in [6.45, 7) is 1.42. The molecule has 0 radical (unpaired) electrons. The molecule has 3 rings (SSSR count). The lowest BCUT2D eigenvalue weighted by Gasteiger charge is -2.25. The van der Waals surface area contributed by atoms with Crippen LogP contribution in [0.4, 0.5) is 0 Å². The Kier molecular flexibility index (Phi) is 10.2. The van der Waals surface area contributed by atoms with Crippen LogP contribution in [-0.4, -0.2) is 76.1 Å². The van der Waals surface area contributed by atoms with Gasteiger partial charge in [-0.2, -0.15) is 0 Å². The summed E-state index contributed by atoms with van der Waals surface area (Å²) in [7, 11) is -3.41. The number of aliphatic carboxylic acids is 2. The van der Waals surface area contributed by atoms with E-state index in [4.69, 9.17) is 43.0 Å². The Balaban J connectivity index is 0.000000604. The van der Waals surface area contributed by atoms with Crippen LogP contribution in [-0.2, 0) is 26.2 Å². The van der Waals surface area contributed by atoms with Crippen LogP contribution in [0.25, 0.3) is 0 Å². The zero-order chi connectivity index (χ0) is 25.3. The number of carboxylic acids is 2. The van der Waals surface area contributed by atoms with E-state index >= 15 is 0 Å². The topological polar surface area (TPSA) is 145 Å². The Labute approximate surface area is 206 Å². The van der Waals surface area contributed by atoms with Crippen molar-refractivity contribution >= 4 is 51.1 Å². The molecule has 0 unspecified atom stereocenters. The highest BCUT2D eigenvalue weighted by Gasteiger charge is 2.27. The number of aromatic nitrogens is 1. The average molecular weight is 532 g/mol. The van der Waals surface area contributed by atoms with Crippen molar-refractivity contribution in [3.05, 3.63) is 63.9 Å². The first-order chi connectivity index (χ1) is 16.0. The van der Waals surface area contributed by atoms with E-state index in [1.54, 1.807) is 36.7 Å². The number of halogens is 2. The standard InChI is InChI=1S/C19H21Cl2N3O3S.C2H2O4/c20-16-3-4-17(18(21)13-16)19(25)23(14-15-5-7-22-8-6-15)11-12-28(26,27)24-9-1-2-10-24;3-1(4)2(5)6/h3-8,13H,1-2,9-12,14H2;(H,3,4)(H,5,6). The molecule has 1 amide bonds. The van der Waals surface area contributed by atoms with Crippen molar-refractivity contribution in [2.75, 3.05) is 25.4 Å². The minimum atomic E-state index is -3.41. The minimum absolute atomic E-state index is 0.0684. The number of carbonyl (C=O) groups is 3. The normalized spacial score (nSPS) is 13.6. The summed E-state index contributed by atoms with van der Waals surface area (Å²) in [4.78, 5) is 36.8. The zero-order valence-electron chi connectivity index (χ0n) is 17.9. The van der Waals surface area contributed by atoms with Crippen molar-refractivity contribution < 1.29 is 33.0 Å². The maximum atomic E-state index is 13.1. The highest BCUT2D eigenvalue weighted by molar-refractivity contribution is 7.89. The molecule has 1 saturated heterocycles. The lowest BCUT2D eigenvalue weighted by atomic mass is 10.1. The Morgan fingerprint density at radius 2 is 1.59 bits per heavy atom. The summed E-state index contributed by atoms with van der Waals surface area (Å²) < 4.78 is 26.7. The maximum Gasteiger partial charge on any atom is 0.414 e. The number of amides is 1. The van der Waals surface area contributed by atoms with Gasteiger partial charge in [-0.1, -0.05) is 23.2 Å². The number of benzene rings is 1. The molecule has 1 aliphatic rings. The Hall–Kier alpha value is -2.73. The van der Waals surface area contributed by atoms with E-state index in [0.29, 0.717) is 23.7 Å². The van der Waals surface area contributed by atoms with Gasteiger partial charge in [0.25, 0.3) is 5.91 Å². The molecule has 0 atom stereocenters. The molecule has 0 saturated carbocycles. The number of hydrogen-bond donors (Lipinski definition) is 2. The van der Waals surface area contributed by atoms with E-state index in [1.807, 2.05) is 0 Å². The summed E-state index contributed by atoms with van der Waals surface area (Å²) in [5.41, 5.74) is 1.14. The third-order valence-electron chi connectivity index (χ3n) is 4.83. The predicted molar refractivity (Wildman–Crippen MR) is 125 cm³/mol. The first-order valence-electron chi connectivity index (χ1n) is 10.1. The number of carbonyl (C=O) groups excluding carboxylic acids is 1. The van der Waals surface area contributed by atoms with Crippen molar-refractivity contribution in [3.63, 3.8) is 0 Å². The van der Waals surface area contributed by atoms with Crippen LogP contribution >= 0.6 is 23.2 Å². The quantitative estimate of drug-likeness (QED) is 0.518. The van der Waals surface area contributed by atoms with Gasteiger partial charge >= 0.3 is 11.9 Å². The van der Waals surface area contributed by atoms with Gasteiger partial charge in [0.2, 0.25) is 10.0 Å². The van der Waals surface area contributed by atoms with Gasteiger partial charge in [-0.05, 0) is 48.7 Å². The van der Waals surface area contributed by atoms with E-state index in [-0.39, 0.29) is 29.8 Å². The smallest absolute Gasteiger partial charge is 0.414 e.